The van der Waals surface area contributed by atoms with Crippen LogP contribution >= 0.6 is 0 Å². The van der Waals surface area contributed by atoms with Crippen molar-refractivity contribution in [2.45, 2.75) is 20.8 Å². The fraction of sp³-hybridized carbons (Fsp3) is 0.238. The number of nitrogens with zero attached hydrogens (tertiary/aromatic N) is 2. The summed E-state index contributed by atoms with van der Waals surface area (Å²) < 4.78 is 12.1. The average Bonchev–Trinajstić information content (AvgIpc) is 2.69. The van der Waals surface area contributed by atoms with Crippen molar-refractivity contribution >= 4 is 23.0 Å². The molecule has 3 aromatic rings. The molecule has 8 nitrogen and oxygen atoms in total. The van der Waals surface area contributed by atoms with Gasteiger partial charge in [-0.15, -0.1) is 0 Å². The van der Waals surface area contributed by atoms with E-state index in [1.165, 1.54) is 18.4 Å². The van der Waals surface area contributed by atoms with Crippen LogP contribution in [0.15, 0.2) is 41.3 Å². The number of hydrogen-bond donors (Lipinski definition) is 1. The quantitative estimate of drug-likeness (QED) is 0.644. The lowest BCUT2D eigenvalue weighted by Crippen LogP contribution is -2.28. The number of ketones is 1. The van der Waals surface area contributed by atoms with E-state index in [1.807, 2.05) is 6.92 Å². The molecule has 29 heavy (non-hydrogen) atoms. The number of benzene rings is 1. The largest absolute Gasteiger partial charge is 0.493 e. The van der Waals surface area contributed by atoms with Crippen LogP contribution in [0.25, 0.3) is 5.65 Å². The predicted molar refractivity (Wildman–Crippen MR) is 108 cm³/mol. The lowest BCUT2D eigenvalue weighted by atomic mass is 10.1. The van der Waals surface area contributed by atoms with Gasteiger partial charge in [-0.25, -0.2) is 4.98 Å². The minimum absolute atomic E-state index is 0.0962. The number of aryl methyl sites for hydroxylation is 2. The van der Waals surface area contributed by atoms with Crippen LogP contribution in [0.3, 0.4) is 0 Å². The van der Waals surface area contributed by atoms with Gasteiger partial charge in [-0.1, -0.05) is 0 Å². The summed E-state index contributed by atoms with van der Waals surface area (Å²) in [5, 5.41) is 2.57. The molecule has 8 heteroatoms. The van der Waals surface area contributed by atoms with Gasteiger partial charge in [0.2, 0.25) is 0 Å². The van der Waals surface area contributed by atoms with E-state index in [1.54, 1.807) is 43.5 Å². The number of rotatable bonds is 6. The fourth-order valence-corrected chi connectivity index (χ4v) is 2.82. The molecule has 1 amide bonds. The predicted octanol–water partition coefficient (Wildman–Crippen LogP) is 2.54. The first-order valence-corrected chi connectivity index (χ1v) is 8.91. The van der Waals surface area contributed by atoms with Crippen LogP contribution in [0.2, 0.25) is 0 Å². The Bertz CT molecular complexity index is 1170. The van der Waals surface area contributed by atoms with Crippen molar-refractivity contribution in [1.29, 1.82) is 0 Å². The number of anilines is 1. The van der Waals surface area contributed by atoms with Crippen LogP contribution in [0.1, 0.15) is 28.5 Å². The Kier molecular flexibility index (Phi) is 5.63. The Morgan fingerprint density at radius 3 is 2.59 bits per heavy atom. The monoisotopic (exact) mass is 395 g/mol. The van der Waals surface area contributed by atoms with E-state index in [9.17, 15) is 14.4 Å². The van der Waals surface area contributed by atoms with Crippen LogP contribution in [0, 0.1) is 13.8 Å². The average molecular weight is 395 g/mol. The van der Waals surface area contributed by atoms with Gasteiger partial charge in [0.15, 0.2) is 23.9 Å². The highest BCUT2D eigenvalue weighted by molar-refractivity contribution is 5.95. The standard InChI is InChI=1S/C21H21N3O5/c1-12-7-8-24-18(9-12)22-13(2)20(21(24)27)23-19(26)11-29-16-6-5-15(14(3)25)10-17(16)28-4/h5-10H,11H2,1-4H3,(H,23,26). The lowest BCUT2D eigenvalue weighted by Gasteiger charge is -2.13. The summed E-state index contributed by atoms with van der Waals surface area (Å²) in [5.74, 6) is 0.0250. The van der Waals surface area contributed by atoms with Crippen molar-refractivity contribution in [3.63, 3.8) is 0 Å². The summed E-state index contributed by atoms with van der Waals surface area (Å²) in [4.78, 5) is 40.9. The maximum Gasteiger partial charge on any atom is 0.281 e. The topological polar surface area (TPSA) is 99.0 Å². The van der Waals surface area contributed by atoms with Crippen molar-refractivity contribution in [2.24, 2.45) is 0 Å². The number of ether oxygens (including phenoxy) is 2. The van der Waals surface area contributed by atoms with Gasteiger partial charge in [-0.3, -0.25) is 18.8 Å². The second kappa shape index (κ2) is 8.14. The third kappa shape index (κ3) is 4.26. The molecular weight excluding hydrogens is 374 g/mol. The maximum atomic E-state index is 12.7. The molecule has 0 spiro atoms. The van der Waals surface area contributed by atoms with Crippen molar-refractivity contribution in [2.75, 3.05) is 19.0 Å². The highest BCUT2D eigenvalue weighted by Gasteiger charge is 2.15. The first-order chi connectivity index (χ1) is 13.8. The number of carbonyl (C=O) groups excluding carboxylic acids is 2. The van der Waals surface area contributed by atoms with E-state index in [2.05, 4.69) is 10.3 Å². The van der Waals surface area contributed by atoms with E-state index in [-0.39, 0.29) is 23.6 Å². The van der Waals surface area contributed by atoms with E-state index in [0.717, 1.165) is 5.56 Å². The number of Topliss-reactive ketones (excluding diaryl/α,β-unsaturated/α-hetero) is 1. The van der Waals surface area contributed by atoms with Gasteiger partial charge < -0.3 is 14.8 Å². The number of methoxy groups -OCH3 is 1. The van der Waals surface area contributed by atoms with Crippen LogP contribution in [0.5, 0.6) is 11.5 Å². The van der Waals surface area contributed by atoms with Crippen molar-refractivity contribution < 1.29 is 19.1 Å². The zero-order chi connectivity index (χ0) is 21.1. The lowest BCUT2D eigenvalue weighted by molar-refractivity contribution is -0.118. The number of fused-ring (bicyclic) bond motifs is 1. The molecule has 0 radical (unpaired) electrons. The van der Waals surface area contributed by atoms with E-state index in [4.69, 9.17) is 9.47 Å². The SMILES string of the molecule is COc1cc(C(C)=O)ccc1OCC(=O)Nc1c(C)nc2cc(C)ccn2c1=O. The van der Waals surface area contributed by atoms with Gasteiger partial charge >= 0.3 is 0 Å². The number of aromatic nitrogens is 2. The number of hydrogen-bond acceptors (Lipinski definition) is 6. The summed E-state index contributed by atoms with van der Waals surface area (Å²) in [6.07, 6.45) is 1.62. The molecule has 3 rings (SSSR count). The zero-order valence-electron chi connectivity index (χ0n) is 16.6. The number of pyridine rings is 1. The molecule has 0 unspecified atom stereocenters. The first-order valence-electron chi connectivity index (χ1n) is 8.91. The normalized spacial score (nSPS) is 10.6. The molecule has 150 valence electrons. The summed E-state index contributed by atoms with van der Waals surface area (Å²) in [6.45, 7) is 4.67. The van der Waals surface area contributed by atoms with Gasteiger partial charge in [0.1, 0.15) is 11.3 Å². The first kappa shape index (κ1) is 20.1. The highest BCUT2D eigenvalue weighted by atomic mass is 16.5. The van der Waals surface area contributed by atoms with Gasteiger partial charge in [-0.05, 0) is 56.7 Å². The van der Waals surface area contributed by atoms with Gasteiger partial charge in [0.25, 0.3) is 11.5 Å². The summed E-state index contributed by atoms with van der Waals surface area (Å²) >= 11 is 0. The Morgan fingerprint density at radius 1 is 1.14 bits per heavy atom. The van der Waals surface area contributed by atoms with E-state index < -0.39 is 5.91 Å². The van der Waals surface area contributed by atoms with Crippen molar-refractivity contribution in [3.8, 4) is 11.5 Å². The second-order valence-electron chi connectivity index (χ2n) is 6.57. The van der Waals surface area contributed by atoms with E-state index in [0.29, 0.717) is 28.4 Å². The second-order valence-corrected chi connectivity index (χ2v) is 6.57. The van der Waals surface area contributed by atoms with Crippen molar-refractivity contribution in [1.82, 2.24) is 9.38 Å². The Hall–Kier alpha value is -3.68. The molecule has 1 aromatic carbocycles. The molecule has 0 fully saturated rings. The van der Waals surface area contributed by atoms with Crippen LogP contribution in [0.4, 0.5) is 5.69 Å². The summed E-state index contributed by atoms with van der Waals surface area (Å²) in [5.41, 5.74) is 2.10. The molecule has 0 atom stereocenters. The molecular formula is C21H21N3O5. The minimum Gasteiger partial charge on any atom is -0.493 e. The molecule has 2 aromatic heterocycles. The molecule has 0 saturated carbocycles. The molecule has 1 N–H and O–H groups in total. The molecule has 2 heterocycles. The summed E-state index contributed by atoms with van der Waals surface area (Å²) in [7, 11) is 1.44. The third-order valence-corrected chi connectivity index (χ3v) is 4.36. The van der Waals surface area contributed by atoms with E-state index >= 15 is 0 Å². The Morgan fingerprint density at radius 2 is 1.90 bits per heavy atom. The van der Waals surface area contributed by atoms with Crippen LogP contribution < -0.4 is 20.3 Å². The molecule has 0 bridgehead atoms. The highest BCUT2D eigenvalue weighted by Crippen LogP contribution is 2.28. The van der Waals surface area contributed by atoms with Gasteiger partial charge in [0.05, 0.1) is 12.8 Å². The molecule has 0 aliphatic heterocycles. The zero-order valence-corrected chi connectivity index (χ0v) is 16.6. The Balaban J connectivity index is 1.77. The number of carbonyl (C=O) groups is 2. The number of amides is 1. The van der Waals surface area contributed by atoms with Crippen LogP contribution in [-0.2, 0) is 4.79 Å². The van der Waals surface area contributed by atoms with Crippen LogP contribution in [-0.4, -0.2) is 34.8 Å². The molecule has 0 aliphatic rings. The van der Waals surface area contributed by atoms with Gasteiger partial charge in [-0.2, -0.15) is 0 Å². The fourth-order valence-electron chi connectivity index (χ4n) is 2.82. The Labute approximate surface area is 167 Å². The maximum absolute atomic E-state index is 12.7. The molecule has 0 saturated heterocycles. The molecule has 0 aliphatic carbocycles. The van der Waals surface area contributed by atoms with Crippen molar-refractivity contribution in [3.05, 3.63) is 63.7 Å². The third-order valence-electron chi connectivity index (χ3n) is 4.36. The smallest absolute Gasteiger partial charge is 0.281 e. The van der Waals surface area contributed by atoms with Gasteiger partial charge in [0, 0.05) is 11.8 Å². The minimum atomic E-state index is -0.517. The summed E-state index contributed by atoms with van der Waals surface area (Å²) in [6, 6.07) is 8.27. The number of nitrogens with one attached hydrogen (secondary N) is 1.